The number of thioether (sulfide) groups is 1. The maximum absolute atomic E-state index is 11.9. The summed E-state index contributed by atoms with van der Waals surface area (Å²) in [5, 5.41) is 11.1. The molecule has 0 spiro atoms. The molecule has 0 radical (unpaired) electrons. The van der Waals surface area contributed by atoms with Gasteiger partial charge in [-0.3, -0.25) is 10.1 Å². The lowest BCUT2D eigenvalue weighted by atomic mass is 10.1. The first-order valence-electron chi connectivity index (χ1n) is 8.25. The molecule has 144 valence electrons. The summed E-state index contributed by atoms with van der Waals surface area (Å²) in [6, 6.07) is 16.3. The van der Waals surface area contributed by atoms with Crippen molar-refractivity contribution in [2.45, 2.75) is 10.1 Å². The summed E-state index contributed by atoms with van der Waals surface area (Å²) >= 11 is 2.79. The standard InChI is InChI=1S/C19H17N3O4S2/c1-25-17(24)14-9-7-13(8-10-14)12-27-19-22-21-18(28-19)20-16(23)11-26-15-5-3-2-4-6-15/h2-10H,11-12H2,1H3,(H,20,21,23). The van der Waals surface area contributed by atoms with Gasteiger partial charge in [-0.15, -0.1) is 10.2 Å². The molecule has 0 atom stereocenters. The van der Waals surface area contributed by atoms with E-state index in [-0.39, 0.29) is 18.5 Å². The summed E-state index contributed by atoms with van der Waals surface area (Å²) in [6.07, 6.45) is 0. The number of rotatable bonds is 8. The van der Waals surface area contributed by atoms with Crippen molar-refractivity contribution in [3.63, 3.8) is 0 Å². The number of aromatic nitrogens is 2. The van der Waals surface area contributed by atoms with Crippen molar-refractivity contribution in [2.75, 3.05) is 19.0 Å². The second-order valence-corrected chi connectivity index (χ2v) is 7.70. The van der Waals surface area contributed by atoms with Crippen LogP contribution in [0, 0.1) is 0 Å². The Morgan fingerprint density at radius 1 is 1.07 bits per heavy atom. The Bertz CT molecular complexity index is 930. The number of carbonyl (C=O) groups excluding carboxylic acids is 2. The van der Waals surface area contributed by atoms with Gasteiger partial charge in [0.15, 0.2) is 10.9 Å². The zero-order valence-electron chi connectivity index (χ0n) is 15.0. The highest BCUT2D eigenvalue weighted by molar-refractivity contribution is 8.00. The Morgan fingerprint density at radius 3 is 2.54 bits per heavy atom. The number of nitrogens with zero attached hydrogens (tertiary/aromatic N) is 2. The number of carbonyl (C=O) groups is 2. The molecule has 1 N–H and O–H groups in total. The minimum Gasteiger partial charge on any atom is -0.484 e. The molecule has 9 heteroatoms. The molecule has 28 heavy (non-hydrogen) atoms. The summed E-state index contributed by atoms with van der Waals surface area (Å²) in [4.78, 5) is 23.4. The van der Waals surface area contributed by atoms with Gasteiger partial charge in [-0.25, -0.2) is 4.79 Å². The Hall–Kier alpha value is -2.91. The molecule has 3 aromatic rings. The second-order valence-electron chi connectivity index (χ2n) is 5.50. The third-order valence-electron chi connectivity index (χ3n) is 3.50. The highest BCUT2D eigenvalue weighted by atomic mass is 32.2. The molecule has 3 rings (SSSR count). The first-order chi connectivity index (χ1) is 13.6. The molecular weight excluding hydrogens is 398 g/mol. The van der Waals surface area contributed by atoms with Gasteiger partial charge in [-0.05, 0) is 29.8 Å². The van der Waals surface area contributed by atoms with Crippen LogP contribution in [-0.2, 0) is 15.3 Å². The van der Waals surface area contributed by atoms with Crippen molar-refractivity contribution < 1.29 is 19.1 Å². The number of methoxy groups -OCH3 is 1. The van der Waals surface area contributed by atoms with E-state index in [0.29, 0.717) is 22.2 Å². The number of nitrogens with one attached hydrogen (secondary N) is 1. The Kier molecular flexibility index (Phi) is 6.99. The maximum Gasteiger partial charge on any atom is 0.337 e. The summed E-state index contributed by atoms with van der Waals surface area (Å²) in [7, 11) is 1.35. The van der Waals surface area contributed by atoms with Crippen LogP contribution in [0.25, 0.3) is 0 Å². The number of amides is 1. The van der Waals surface area contributed by atoms with Crippen LogP contribution in [0.4, 0.5) is 5.13 Å². The van der Waals surface area contributed by atoms with Crippen LogP contribution >= 0.6 is 23.1 Å². The SMILES string of the molecule is COC(=O)c1ccc(CSc2nnc(NC(=O)COc3ccccc3)s2)cc1. The Morgan fingerprint density at radius 2 is 1.82 bits per heavy atom. The fourth-order valence-corrected chi connectivity index (χ4v) is 3.86. The van der Waals surface area contributed by atoms with Crippen molar-refractivity contribution in [3.8, 4) is 5.75 Å². The van der Waals surface area contributed by atoms with Gasteiger partial charge in [0.25, 0.3) is 5.91 Å². The molecule has 0 unspecified atom stereocenters. The lowest BCUT2D eigenvalue weighted by molar-refractivity contribution is -0.118. The van der Waals surface area contributed by atoms with E-state index in [9.17, 15) is 9.59 Å². The van der Waals surface area contributed by atoms with Crippen LogP contribution in [-0.4, -0.2) is 35.8 Å². The predicted octanol–water partition coefficient (Wildman–Crippen LogP) is 3.63. The number of hydrogen-bond donors (Lipinski definition) is 1. The number of anilines is 1. The zero-order valence-corrected chi connectivity index (χ0v) is 16.6. The van der Waals surface area contributed by atoms with Crippen LogP contribution in [0.2, 0.25) is 0 Å². The molecule has 0 saturated carbocycles. The van der Waals surface area contributed by atoms with Gasteiger partial charge in [0.2, 0.25) is 5.13 Å². The molecule has 1 aromatic heterocycles. The van der Waals surface area contributed by atoms with E-state index < -0.39 is 0 Å². The van der Waals surface area contributed by atoms with Crippen molar-refractivity contribution in [1.82, 2.24) is 10.2 Å². The highest BCUT2D eigenvalue weighted by Crippen LogP contribution is 2.28. The van der Waals surface area contributed by atoms with Crippen molar-refractivity contribution >= 4 is 40.1 Å². The molecule has 2 aromatic carbocycles. The normalized spacial score (nSPS) is 10.3. The van der Waals surface area contributed by atoms with Gasteiger partial charge in [-0.1, -0.05) is 53.4 Å². The average Bonchev–Trinajstić information content (AvgIpc) is 3.18. The van der Waals surface area contributed by atoms with E-state index in [1.165, 1.54) is 30.2 Å². The van der Waals surface area contributed by atoms with E-state index in [1.807, 2.05) is 30.3 Å². The minimum absolute atomic E-state index is 0.0986. The zero-order chi connectivity index (χ0) is 19.8. The molecule has 0 saturated heterocycles. The van der Waals surface area contributed by atoms with Crippen LogP contribution in [0.3, 0.4) is 0 Å². The first kappa shape index (κ1) is 19.8. The third kappa shape index (κ3) is 5.80. The van der Waals surface area contributed by atoms with Gasteiger partial charge in [0, 0.05) is 5.75 Å². The fraction of sp³-hybridized carbons (Fsp3) is 0.158. The van der Waals surface area contributed by atoms with Crippen LogP contribution in [0.15, 0.2) is 58.9 Å². The molecule has 0 aliphatic carbocycles. The molecule has 1 heterocycles. The largest absolute Gasteiger partial charge is 0.484 e. The van der Waals surface area contributed by atoms with Crippen LogP contribution in [0.5, 0.6) is 5.75 Å². The molecule has 7 nitrogen and oxygen atoms in total. The number of benzene rings is 2. The van der Waals surface area contributed by atoms with E-state index >= 15 is 0 Å². The van der Waals surface area contributed by atoms with Gasteiger partial charge in [0.05, 0.1) is 12.7 Å². The number of ether oxygens (including phenoxy) is 2. The van der Waals surface area contributed by atoms with E-state index in [0.717, 1.165) is 9.90 Å². The van der Waals surface area contributed by atoms with E-state index in [1.54, 1.807) is 24.3 Å². The molecule has 1 amide bonds. The average molecular weight is 415 g/mol. The van der Waals surface area contributed by atoms with Gasteiger partial charge in [-0.2, -0.15) is 0 Å². The van der Waals surface area contributed by atoms with Crippen LogP contribution in [0.1, 0.15) is 15.9 Å². The molecule has 0 aliphatic heterocycles. The minimum atomic E-state index is -0.361. The third-order valence-corrected chi connectivity index (χ3v) is 5.55. The Balaban J connectivity index is 1.46. The smallest absolute Gasteiger partial charge is 0.337 e. The maximum atomic E-state index is 11.9. The summed E-state index contributed by atoms with van der Waals surface area (Å²) in [5.41, 5.74) is 1.55. The van der Waals surface area contributed by atoms with Crippen molar-refractivity contribution in [2.24, 2.45) is 0 Å². The second kappa shape index (κ2) is 9.86. The molecular formula is C19H17N3O4S2. The Labute approximate surface area is 170 Å². The summed E-state index contributed by atoms with van der Waals surface area (Å²) < 4.78 is 10.8. The fourth-order valence-electron chi connectivity index (χ4n) is 2.14. The number of esters is 1. The predicted molar refractivity (Wildman–Crippen MR) is 108 cm³/mol. The number of para-hydroxylation sites is 1. The first-order valence-corrected chi connectivity index (χ1v) is 10.1. The monoisotopic (exact) mass is 415 g/mol. The van der Waals surface area contributed by atoms with Crippen molar-refractivity contribution in [3.05, 3.63) is 65.7 Å². The quantitative estimate of drug-likeness (QED) is 0.341. The summed E-state index contributed by atoms with van der Waals surface area (Å²) in [5.74, 6) is 0.639. The van der Waals surface area contributed by atoms with Gasteiger partial charge >= 0.3 is 5.97 Å². The van der Waals surface area contributed by atoms with Gasteiger partial charge < -0.3 is 9.47 Å². The lowest BCUT2D eigenvalue weighted by Crippen LogP contribution is -2.20. The van der Waals surface area contributed by atoms with E-state index in [4.69, 9.17) is 4.74 Å². The highest BCUT2D eigenvalue weighted by Gasteiger charge is 2.10. The molecule has 0 fully saturated rings. The van der Waals surface area contributed by atoms with E-state index in [2.05, 4.69) is 20.3 Å². The molecule has 0 aliphatic rings. The summed E-state index contributed by atoms with van der Waals surface area (Å²) in [6.45, 7) is -0.0986. The van der Waals surface area contributed by atoms with Gasteiger partial charge in [0.1, 0.15) is 5.75 Å². The lowest BCUT2D eigenvalue weighted by Gasteiger charge is -2.04. The van der Waals surface area contributed by atoms with Crippen LogP contribution < -0.4 is 10.1 Å². The van der Waals surface area contributed by atoms with Crippen molar-refractivity contribution in [1.29, 1.82) is 0 Å². The number of hydrogen-bond acceptors (Lipinski definition) is 8. The molecule has 0 bridgehead atoms. The topological polar surface area (TPSA) is 90.4 Å².